The number of nitrogens with zero attached hydrogens (tertiary/aromatic N) is 1. The Labute approximate surface area is 120 Å². The molecule has 1 fully saturated rings. The maximum absolute atomic E-state index is 8.68. The summed E-state index contributed by atoms with van der Waals surface area (Å²) in [6, 6.07) is 5.84. The molecule has 4 heteroatoms. The number of aliphatic hydroxyl groups is 1. The van der Waals surface area contributed by atoms with Gasteiger partial charge in [0, 0.05) is 25.2 Å². The first kappa shape index (κ1) is 14.9. The number of rotatable bonds is 4. The molecule has 0 amide bonds. The Morgan fingerprint density at radius 2 is 2.15 bits per heavy atom. The van der Waals surface area contributed by atoms with Crippen LogP contribution in [0.5, 0.6) is 5.75 Å². The number of aryl methyl sites for hydroxylation is 1. The third-order valence-corrected chi connectivity index (χ3v) is 3.26. The molecule has 0 aromatic heterocycles. The van der Waals surface area contributed by atoms with Crippen LogP contribution in [0.15, 0.2) is 18.2 Å². The highest BCUT2D eigenvalue weighted by Crippen LogP contribution is 2.18. The summed E-state index contributed by atoms with van der Waals surface area (Å²) in [5.41, 5.74) is 1.97. The molecule has 0 bridgehead atoms. The van der Waals surface area contributed by atoms with Crippen molar-refractivity contribution in [3.8, 4) is 17.6 Å². The van der Waals surface area contributed by atoms with E-state index in [9.17, 15) is 0 Å². The van der Waals surface area contributed by atoms with Gasteiger partial charge in [0.25, 0.3) is 0 Å². The van der Waals surface area contributed by atoms with Gasteiger partial charge in [0.1, 0.15) is 19.0 Å². The van der Waals surface area contributed by atoms with Crippen LogP contribution in [-0.4, -0.2) is 56.1 Å². The van der Waals surface area contributed by atoms with Crippen LogP contribution < -0.4 is 4.74 Å². The topological polar surface area (TPSA) is 41.9 Å². The van der Waals surface area contributed by atoms with Crippen LogP contribution in [0.25, 0.3) is 0 Å². The number of hydrogen-bond acceptors (Lipinski definition) is 4. The van der Waals surface area contributed by atoms with Gasteiger partial charge in [0.2, 0.25) is 0 Å². The summed E-state index contributed by atoms with van der Waals surface area (Å²) in [5, 5.41) is 8.68. The second kappa shape index (κ2) is 7.91. The van der Waals surface area contributed by atoms with E-state index in [0.717, 1.165) is 49.7 Å². The fourth-order valence-electron chi connectivity index (χ4n) is 2.14. The molecule has 0 spiro atoms. The van der Waals surface area contributed by atoms with Gasteiger partial charge in [-0.3, -0.25) is 4.90 Å². The maximum Gasteiger partial charge on any atom is 0.122 e. The van der Waals surface area contributed by atoms with Crippen LogP contribution in [-0.2, 0) is 4.74 Å². The predicted octanol–water partition coefficient (Wildman–Crippen LogP) is 1.05. The maximum atomic E-state index is 8.68. The average molecular weight is 275 g/mol. The minimum Gasteiger partial charge on any atom is -0.492 e. The Hall–Kier alpha value is -1.54. The SMILES string of the molecule is Cc1cc(C#CCO)ccc1OCCN1CCOCC1. The molecule has 1 heterocycles. The highest BCUT2D eigenvalue weighted by molar-refractivity contribution is 5.43. The van der Waals surface area contributed by atoms with Gasteiger partial charge in [-0.2, -0.15) is 0 Å². The van der Waals surface area contributed by atoms with E-state index in [1.54, 1.807) is 0 Å². The van der Waals surface area contributed by atoms with Crippen molar-refractivity contribution in [1.82, 2.24) is 4.90 Å². The first-order valence-electron chi connectivity index (χ1n) is 6.93. The fourth-order valence-corrected chi connectivity index (χ4v) is 2.14. The van der Waals surface area contributed by atoms with Crippen molar-refractivity contribution >= 4 is 0 Å². The van der Waals surface area contributed by atoms with E-state index < -0.39 is 0 Å². The molecule has 4 nitrogen and oxygen atoms in total. The summed E-state index contributed by atoms with van der Waals surface area (Å²) in [6.07, 6.45) is 0. The molecule has 20 heavy (non-hydrogen) atoms. The van der Waals surface area contributed by atoms with Crippen LogP contribution in [0, 0.1) is 18.8 Å². The summed E-state index contributed by atoms with van der Waals surface area (Å²) < 4.78 is 11.1. The van der Waals surface area contributed by atoms with E-state index in [2.05, 4.69) is 16.7 Å². The van der Waals surface area contributed by atoms with Crippen molar-refractivity contribution in [3.63, 3.8) is 0 Å². The molecule has 0 radical (unpaired) electrons. The van der Waals surface area contributed by atoms with Crippen LogP contribution in [0.4, 0.5) is 0 Å². The Balaban J connectivity index is 1.83. The van der Waals surface area contributed by atoms with Crippen molar-refractivity contribution in [2.24, 2.45) is 0 Å². The Morgan fingerprint density at radius 1 is 1.35 bits per heavy atom. The van der Waals surface area contributed by atoms with Gasteiger partial charge < -0.3 is 14.6 Å². The van der Waals surface area contributed by atoms with Crippen molar-refractivity contribution in [2.75, 3.05) is 46.1 Å². The number of ether oxygens (including phenoxy) is 2. The van der Waals surface area contributed by atoms with E-state index >= 15 is 0 Å². The molecule has 0 unspecified atom stereocenters. The zero-order chi connectivity index (χ0) is 14.2. The molecule has 1 aliphatic rings. The molecule has 1 aromatic carbocycles. The lowest BCUT2D eigenvalue weighted by molar-refractivity contribution is 0.0322. The fraction of sp³-hybridized carbons (Fsp3) is 0.500. The van der Waals surface area contributed by atoms with Crippen LogP contribution in [0.3, 0.4) is 0 Å². The molecule has 0 saturated carbocycles. The summed E-state index contributed by atoms with van der Waals surface area (Å²) in [7, 11) is 0. The van der Waals surface area contributed by atoms with E-state index in [-0.39, 0.29) is 6.61 Å². The normalized spacial score (nSPS) is 15.5. The minimum atomic E-state index is -0.114. The molecular weight excluding hydrogens is 254 g/mol. The molecule has 0 atom stereocenters. The lowest BCUT2D eigenvalue weighted by Crippen LogP contribution is -2.38. The standard InChI is InChI=1S/C16H21NO3/c1-14-13-15(3-2-9-18)4-5-16(14)20-12-8-17-6-10-19-11-7-17/h4-5,13,18H,6-12H2,1H3. The van der Waals surface area contributed by atoms with Gasteiger partial charge in [-0.05, 0) is 30.7 Å². The zero-order valence-corrected chi connectivity index (χ0v) is 11.9. The summed E-state index contributed by atoms with van der Waals surface area (Å²) >= 11 is 0. The average Bonchev–Trinajstić information content (AvgIpc) is 2.48. The summed E-state index contributed by atoms with van der Waals surface area (Å²) in [5.74, 6) is 6.43. The first-order chi connectivity index (χ1) is 9.79. The van der Waals surface area contributed by atoms with Crippen molar-refractivity contribution in [3.05, 3.63) is 29.3 Å². The van der Waals surface area contributed by atoms with Crippen LogP contribution in [0.1, 0.15) is 11.1 Å². The summed E-state index contributed by atoms with van der Waals surface area (Å²) in [4.78, 5) is 2.35. The predicted molar refractivity (Wildman–Crippen MR) is 77.9 cm³/mol. The minimum absolute atomic E-state index is 0.114. The van der Waals surface area contributed by atoms with Crippen molar-refractivity contribution in [2.45, 2.75) is 6.92 Å². The number of morpholine rings is 1. The van der Waals surface area contributed by atoms with Crippen molar-refractivity contribution < 1.29 is 14.6 Å². The molecule has 2 rings (SSSR count). The molecule has 1 aliphatic heterocycles. The van der Waals surface area contributed by atoms with E-state index in [1.165, 1.54) is 0 Å². The Morgan fingerprint density at radius 3 is 2.85 bits per heavy atom. The number of benzene rings is 1. The first-order valence-corrected chi connectivity index (χ1v) is 6.93. The third-order valence-electron chi connectivity index (χ3n) is 3.26. The van der Waals surface area contributed by atoms with Gasteiger partial charge in [0.15, 0.2) is 0 Å². The van der Waals surface area contributed by atoms with Gasteiger partial charge >= 0.3 is 0 Å². The Bertz CT molecular complexity index is 484. The quantitative estimate of drug-likeness (QED) is 0.834. The molecular formula is C16H21NO3. The smallest absolute Gasteiger partial charge is 0.122 e. The third kappa shape index (κ3) is 4.53. The number of hydrogen-bond donors (Lipinski definition) is 1. The Kier molecular flexibility index (Phi) is 5.87. The lowest BCUT2D eigenvalue weighted by Gasteiger charge is -2.26. The monoisotopic (exact) mass is 275 g/mol. The zero-order valence-electron chi connectivity index (χ0n) is 11.9. The largest absolute Gasteiger partial charge is 0.492 e. The number of aliphatic hydroxyl groups excluding tert-OH is 1. The van der Waals surface area contributed by atoms with Gasteiger partial charge in [-0.1, -0.05) is 11.8 Å². The molecule has 108 valence electrons. The molecule has 1 N–H and O–H groups in total. The second-order valence-corrected chi connectivity index (χ2v) is 4.74. The van der Waals surface area contributed by atoms with Crippen LogP contribution in [0.2, 0.25) is 0 Å². The highest BCUT2D eigenvalue weighted by atomic mass is 16.5. The van der Waals surface area contributed by atoms with Gasteiger partial charge in [0.05, 0.1) is 13.2 Å². The van der Waals surface area contributed by atoms with Crippen molar-refractivity contribution in [1.29, 1.82) is 0 Å². The van der Waals surface area contributed by atoms with E-state index in [1.807, 2.05) is 25.1 Å². The lowest BCUT2D eigenvalue weighted by atomic mass is 10.1. The molecule has 1 aromatic rings. The molecule has 0 aliphatic carbocycles. The van der Waals surface area contributed by atoms with E-state index in [4.69, 9.17) is 14.6 Å². The second-order valence-electron chi connectivity index (χ2n) is 4.74. The highest BCUT2D eigenvalue weighted by Gasteiger charge is 2.10. The van der Waals surface area contributed by atoms with Gasteiger partial charge in [-0.25, -0.2) is 0 Å². The van der Waals surface area contributed by atoms with Crippen LogP contribution >= 0.6 is 0 Å². The van der Waals surface area contributed by atoms with Gasteiger partial charge in [-0.15, -0.1) is 0 Å². The van der Waals surface area contributed by atoms with E-state index in [0.29, 0.717) is 6.61 Å². The summed E-state index contributed by atoms with van der Waals surface area (Å²) in [6.45, 7) is 7.10. The molecule has 1 saturated heterocycles.